The van der Waals surface area contributed by atoms with Gasteiger partial charge in [-0.05, 0) is 55.4 Å². The molecule has 1 amide bonds. The molecule has 0 spiro atoms. The number of nitrogens with zero attached hydrogens (tertiary/aromatic N) is 2. The van der Waals surface area contributed by atoms with Gasteiger partial charge in [0, 0.05) is 43.5 Å². The Kier molecular flexibility index (Phi) is 6.99. The number of carbonyl (C=O) groups excluding carboxylic acids is 2. The van der Waals surface area contributed by atoms with Crippen LogP contribution in [0.2, 0.25) is 0 Å². The zero-order valence-electron chi connectivity index (χ0n) is 18.5. The number of anilines is 1. The topological polar surface area (TPSA) is 52.7 Å². The van der Waals surface area contributed by atoms with E-state index in [-0.39, 0.29) is 17.1 Å². The quantitative estimate of drug-likeness (QED) is 0.767. The maximum Gasteiger partial charge on any atom is 0.234 e. The molecule has 1 saturated heterocycles. The molecular weight excluding hydrogens is 362 g/mol. The first-order valence-electron chi connectivity index (χ1n) is 11.1. The number of rotatable bonds is 5. The lowest BCUT2D eigenvalue weighted by molar-refractivity contribution is -0.124. The van der Waals surface area contributed by atoms with Crippen molar-refractivity contribution in [2.24, 2.45) is 11.3 Å². The van der Waals surface area contributed by atoms with Gasteiger partial charge in [-0.2, -0.15) is 0 Å². The number of ketones is 1. The largest absolute Gasteiger partial charge is 0.369 e. The molecule has 2 atom stereocenters. The van der Waals surface area contributed by atoms with Crippen LogP contribution in [0.15, 0.2) is 24.3 Å². The molecule has 2 aliphatic rings. The summed E-state index contributed by atoms with van der Waals surface area (Å²) in [5, 5.41) is 3.36. The number of benzene rings is 1. The first-order chi connectivity index (χ1) is 13.7. The van der Waals surface area contributed by atoms with E-state index < -0.39 is 0 Å². The Hall–Kier alpha value is -1.88. The van der Waals surface area contributed by atoms with Gasteiger partial charge in [0.05, 0.1) is 6.54 Å². The van der Waals surface area contributed by atoms with Crippen molar-refractivity contribution in [1.82, 2.24) is 10.2 Å². The van der Waals surface area contributed by atoms with E-state index in [1.807, 2.05) is 24.3 Å². The van der Waals surface area contributed by atoms with Gasteiger partial charge in [-0.3, -0.25) is 14.5 Å². The third-order valence-corrected chi connectivity index (χ3v) is 6.60. The summed E-state index contributed by atoms with van der Waals surface area (Å²) in [7, 11) is 0. The molecule has 1 aromatic carbocycles. The Morgan fingerprint density at radius 3 is 2.21 bits per heavy atom. The molecule has 2 fully saturated rings. The molecule has 1 heterocycles. The summed E-state index contributed by atoms with van der Waals surface area (Å²) in [6.07, 6.45) is 4.83. The average Bonchev–Trinajstić information content (AvgIpc) is 2.68. The number of hydrogen-bond donors (Lipinski definition) is 1. The normalized spacial score (nSPS) is 23.7. The van der Waals surface area contributed by atoms with Gasteiger partial charge < -0.3 is 10.2 Å². The summed E-state index contributed by atoms with van der Waals surface area (Å²) in [6, 6.07) is 8.15. The van der Waals surface area contributed by atoms with Crippen molar-refractivity contribution in [1.29, 1.82) is 0 Å². The molecule has 0 aromatic heterocycles. The van der Waals surface area contributed by atoms with E-state index >= 15 is 0 Å². The van der Waals surface area contributed by atoms with Gasteiger partial charge in [-0.1, -0.05) is 33.6 Å². The molecule has 3 rings (SSSR count). The first-order valence-corrected chi connectivity index (χ1v) is 11.1. The second kappa shape index (κ2) is 9.29. The molecule has 1 saturated carbocycles. The maximum absolute atomic E-state index is 12.7. The van der Waals surface area contributed by atoms with Gasteiger partial charge in [0.2, 0.25) is 5.91 Å². The van der Waals surface area contributed by atoms with Crippen LogP contribution < -0.4 is 10.2 Å². The molecular formula is C24H37N3O2. The van der Waals surface area contributed by atoms with Crippen LogP contribution in [0.5, 0.6) is 0 Å². The van der Waals surface area contributed by atoms with Crippen molar-refractivity contribution < 1.29 is 9.59 Å². The van der Waals surface area contributed by atoms with Crippen LogP contribution in [-0.4, -0.2) is 55.4 Å². The van der Waals surface area contributed by atoms with Gasteiger partial charge >= 0.3 is 0 Å². The van der Waals surface area contributed by atoms with E-state index in [1.165, 1.54) is 19.3 Å². The van der Waals surface area contributed by atoms with Crippen LogP contribution in [0.25, 0.3) is 0 Å². The predicted molar refractivity (Wildman–Crippen MR) is 118 cm³/mol. The van der Waals surface area contributed by atoms with E-state index in [4.69, 9.17) is 0 Å². The third-order valence-electron chi connectivity index (χ3n) is 6.60. The molecule has 1 N–H and O–H groups in total. The van der Waals surface area contributed by atoms with Crippen LogP contribution >= 0.6 is 0 Å². The van der Waals surface area contributed by atoms with E-state index in [0.29, 0.717) is 18.5 Å². The fraction of sp³-hybridized carbons (Fsp3) is 0.667. The molecule has 0 unspecified atom stereocenters. The lowest BCUT2D eigenvalue weighted by Crippen LogP contribution is -2.52. The van der Waals surface area contributed by atoms with E-state index in [1.54, 1.807) is 6.92 Å². The van der Waals surface area contributed by atoms with E-state index in [9.17, 15) is 9.59 Å². The summed E-state index contributed by atoms with van der Waals surface area (Å²) in [5.74, 6) is 0.833. The minimum absolute atomic E-state index is 0.0963. The molecule has 160 valence electrons. The fourth-order valence-electron chi connectivity index (χ4n) is 4.87. The fourth-order valence-corrected chi connectivity index (χ4v) is 4.87. The highest BCUT2D eigenvalue weighted by molar-refractivity contribution is 5.94. The molecule has 5 nitrogen and oxygen atoms in total. The Bertz CT molecular complexity index is 700. The predicted octanol–water partition coefficient (Wildman–Crippen LogP) is 3.73. The highest BCUT2D eigenvalue weighted by Crippen LogP contribution is 2.38. The number of piperazine rings is 1. The molecule has 5 heteroatoms. The maximum atomic E-state index is 12.7. The standard InChI is InChI=1S/C24H37N3O2/c1-18(28)19-9-11-20(12-10-19)27-15-13-26(14-16-27)17-23(29)25-22-8-6-5-7-21(22)24(2,3)4/h9-12,21-22H,5-8,13-17H2,1-4H3,(H,25,29)/t21-,22+/m0/s1. The number of carbonyl (C=O) groups is 2. The van der Waals surface area contributed by atoms with Crippen LogP contribution in [-0.2, 0) is 4.79 Å². The van der Waals surface area contributed by atoms with Crippen LogP contribution in [0.4, 0.5) is 5.69 Å². The third kappa shape index (κ3) is 5.81. The Balaban J connectivity index is 1.47. The zero-order valence-corrected chi connectivity index (χ0v) is 18.5. The number of nitrogens with one attached hydrogen (secondary N) is 1. The molecule has 1 aliphatic carbocycles. The van der Waals surface area contributed by atoms with Crippen molar-refractivity contribution in [3.05, 3.63) is 29.8 Å². The lowest BCUT2D eigenvalue weighted by Gasteiger charge is -2.41. The smallest absolute Gasteiger partial charge is 0.234 e. The van der Waals surface area contributed by atoms with E-state index in [2.05, 4.69) is 35.9 Å². The van der Waals surface area contributed by atoms with Gasteiger partial charge in [0.25, 0.3) is 0 Å². The van der Waals surface area contributed by atoms with Crippen LogP contribution in [0.1, 0.15) is 63.7 Å². The molecule has 1 aromatic rings. The number of Topliss-reactive ketones (excluding diaryl/α,β-unsaturated/α-hetero) is 1. The van der Waals surface area contributed by atoms with Crippen molar-refractivity contribution in [3.8, 4) is 0 Å². The van der Waals surface area contributed by atoms with Gasteiger partial charge in [0.15, 0.2) is 5.78 Å². The average molecular weight is 400 g/mol. The Morgan fingerprint density at radius 1 is 1.00 bits per heavy atom. The summed E-state index contributed by atoms with van der Waals surface area (Å²) >= 11 is 0. The monoisotopic (exact) mass is 399 g/mol. The highest BCUT2D eigenvalue weighted by atomic mass is 16.2. The minimum Gasteiger partial charge on any atom is -0.369 e. The van der Waals surface area contributed by atoms with Gasteiger partial charge in [-0.15, -0.1) is 0 Å². The second-order valence-corrected chi connectivity index (χ2v) is 9.80. The lowest BCUT2D eigenvalue weighted by atomic mass is 9.69. The number of hydrogen-bond acceptors (Lipinski definition) is 4. The second-order valence-electron chi connectivity index (χ2n) is 9.80. The van der Waals surface area contributed by atoms with Crippen molar-refractivity contribution in [3.63, 3.8) is 0 Å². The molecule has 29 heavy (non-hydrogen) atoms. The molecule has 0 bridgehead atoms. The minimum atomic E-state index is 0.0963. The Labute approximate surface area is 175 Å². The van der Waals surface area contributed by atoms with Crippen LogP contribution in [0, 0.1) is 11.3 Å². The van der Waals surface area contributed by atoms with Crippen molar-refractivity contribution in [2.45, 2.75) is 59.4 Å². The summed E-state index contributed by atoms with van der Waals surface area (Å²) in [4.78, 5) is 28.7. The van der Waals surface area contributed by atoms with Gasteiger partial charge in [-0.25, -0.2) is 0 Å². The molecule has 0 radical (unpaired) electrons. The highest BCUT2D eigenvalue weighted by Gasteiger charge is 2.35. The summed E-state index contributed by atoms with van der Waals surface area (Å²) < 4.78 is 0. The van der Waals surface area contributed by atoms with Crippen molar-refractivity contribution in [2.75, 3.05) is 37.6 Å². The first kappa shape index (κ1) is 21.8. The van der Waals surface area contributed by atoms with Gasteiger partial charge in [0.1, 0.15) is 0 Å². The Morgan fingerprint density at radius 2 is 1.62 bits per heavy atom. The zero-order chi connectivity index (χ0) is 21.0. The SMILES string of the molecule is CC(=O)c1ccc(N2CCN(CC(=O)N[C@@H]3CCCC[C@@H]3C(C)(C)C)CC2)cc1. The van der Waals surface area contributed by atoms with E-state index in [0.717, 1.165) is 43.9 Å². The van der Waals surface area contributed by atoms with Crippen LogP contribution in [0.3, 0.4) is 0 Å². The summed E-state index contributed by atoms with van der Waals surface area (Å²) in [5.41, 5.74) is 2.14. The number of amides is 1. The summed E-state index contributed by atoms with van der Waals surface area (Å²) in [6.45, 7) is 12.5. The molecule has 1 aliphatic heterocycles. The van der Waals surface area contributed by atoms with Crippen molar-refractivity contribution >= 4 is 17.4 Å².